The van der Waals surface area contributed by atoms with E-state index in [2.05, 4.69) is 44.5 Å². The molecule has 1 heterocycles. The second kappa shape index (κ2) is 12.7. The number of ether oxygens (including phenoxy) is 1. The van der Waals surface area contributed by atoms with Crippen LogP contribution in [0.3, 0.4) is 0 Å². The second-order valence-corrected chi connectivity index (χ2v) is 6.85. The molecule has 0 aliphatic carbocycles. The molecule has 0 saturated carbocycles. The van der Waals surface area contributed by atoms with Crippen LogP contribution < -0.4 is 20.3 Å². The molecule has 7 nitrogen and oxygen atoms in total. The minimum absolute atomic E-state index is 0. The molecule has 8 heteroatoms. The van der Waals surface area contributed by atoms with Crippen molar-refractivity contribution in [2.24, 2.45) is 10.9 Å². The molecule has 158 valence electrons. The average Bonchev–Trinajstić information content (AvgIpc) is 2.70. The number of amides is 1. The number of methoxy groups -OCH3 is 1. The maximum absolute atomic E-state index is 11.6. The third kappa shape index (κ3) is 7.37. The maximum Gasteiger partial charge on any atom is 0.222 e. The number of carbonyl (C=O) groups excluding carboxylic acids is 1. The van der Waals surface area contributed by atoms with Gasteiger partial charge in [0.15, 0.2) is 5.96 Å². The fraction of sp³-hybridized carbons (Fsp3) is 0.600. The number of nitrogens with zero attached hydrogens (tertiary/aromatic N) is 3. The number of halogens is 1. The molecule has 1 fully saturated rings. The summed E-state index contributed by atoms with van der Waals surface area (Å²) in [5.74, 6) is 1.88. The van der Waals surface area contributed by atoms with Crippen molar-refractivity contribution in [2.45, 2.75) is 20.8 Å². The molecule has 1 amide bonds. The van der Waals surface area contributed by atoms with Crippen LogP contribution in [0.1, 0.15) is 20.8 Å². The first-order valence-electron chi connectivity index (χ1n) is 9.75. The Kier molecular flexibility index (Phi) is 11.0. The van der Waals surface area contributed by atoms with E-state index in [1.54, 1.807) is 7.11 Å². The average molecular weight is 503 g/mol. The molecule has 0 atom stereocenters. The van der Waals surface area contributed by atoms with E-state index in [1.807, 2.05) is 26.0 Å². The molecule has 1 aliphatic heterocycles. The van der Waals surface area contributed by atoms with Gasteiger partial charge in [-0.2, -0.15) is 0 Å². The van der Waals surface area contributed by atoms with Crippen LogP contribution in [0.25, 0.3) is 0 Å². The van der Waals surface area contributed by atoms with Crippen molar-refractivity contribution in [1.82, 2.24) is 15.5 Å². The summed E-state index contributed by atoms with van der Waals surface area (Å²) in [5, 5.41) is 6.27. The summed E-state index contributed by atoms with van der Waals surface area (Å²) < 4.78 is 5.23. The van der Waals surface area contributed by atoms with Crippen LogP contribution in [0, 0.1) is 5.92 Å². The zero-order chi connectivity index (χ0) is 19.6. The number of aliphatic imine (C=N–C) groups is 1. The summed E-state index contributed by atoms with van der Waals surface area (Å²) >= 11 is 0. The number of hydrogen-bond donors (Lipinski definition) is 2. The Bertz CT molecular complexity index is 614. The number of piperazine rings is 1. The Labute approximate surface area is 185 Å². The molecule has 1 saturated heterocycles. The number of guanidine groups is 1. The molecule has 0 unspecified atom stereocenters. The first-order valence-corrected chi connectivity index (χ1v) is 9.75. The largest absolute Gasteiger partial charge is 0.497 e. The highest BCUT2D eigenvalue weighted by Crippen LogP contribution is 2.20. The van der Waals surface area contributed by atoms with Crippen LogP contribution >= 0.6 is 24.0 Å². The molecule has 2 N–H and O–H groups in total. The molecule has 1 aromatic rings. The Morgan fingerprint density at radius 2 is 1.79 bits per heavy atom. The summed E-state index contributed by atoms with van der Waals surface area (Å²) in [7, 11) is 1.68. The number of hydrogen-bond acceptors (Lipinski definition) is 4. The molecule has 28 heavy (non-hydrogen) atoms. The first kappa shape index (κ1) is 24.3. The van der Waals surface area contributed by atoms with E-state index >= 15 is 0 Å². The fourth-order valence-corrected chi connectivity index (χ4v) is 2.94. The van der Waals surface area contributed by atoms with Crippen LogP contribution in [-0.2, 0) is 4.79 Å². The van der Waals surface area contributed by atoms with Gasteiger partial charge < -0.3 is 25.2 Å². The Balaban J connectivity index is 0.00000392. The van der Waals surface area contributed by atoms with Crippen LogP contribution in [-0.4, -0.2) is 69.7 Å². The molecule has 0 aromatic heterocycles. The lowest BCUT2D eigenvalue weighted by Crippen LogP contribution is -2.52. The third-order valence-electron chi connectivity index (χ3n) is 4.55. The van der Waals surface area contributed by atoms with Crippen molar-refractivity contribution in [2.75, 3.05) is 57.8 Å². The number of anilines is 1. The lowest BCUT2D eigenvalue weighted by atomic mass is 10.2. The number of carbonyl (C=O) groups is 1. The summed E-state index contributed by atoms with van der Waals surface area (Å²) in [6.45, 7) is 11.6. The zero-order valence-electron chi connectivity index (χ0n) is 17.4. The number of rotatable bonds is 7. The first-order chi connectivity index (χ1) is 13.0. The predicted molar refractivity (Wildman–Crippen MR) is 126 cm³/mol. The summed E-state index contributed by atoms with van der Waals surface area (Å²) in [5.41, 5.74) is 1.22. The van der Waals surface area contributed by atoms with Crippen LogP contribution in [0.2, 0.25) is 0 Å². The summed E-state index contributed by atoms with van der Waals surface area (Å²) in [4.78, 5) is 21.0. The minimum Gasteiger partial charge on any atom is -0.497 e. The van der Waals surface area contributed by atoms with Gasteiger partial charge in [0, 0.05) is 50.9 Å². The molecular formula is C20H34IN5O2. The van der Waals surface area contributed by atoms with Crippen molar-refractivity contribution >= 4 is 41.5 Å². The van der Waals surface area contributed by atoms with Crippen LogP contribution in [0.15, 0.2) is 29.3 Å². The van der Waals surface area contributed by atoms with Crippen molar-refractivity contribution in [3.05, 3.63) is 24.3 Å². The monoisotopic (exact) mass is 503 g/mol. The van der Waals surface area contributed by atoms with Gasteiger partial charge in [-0.05, 0) is 31.2 Å². The fourth-order valence-electron chi connectivity index (χ4n) is 2.94. The molecule has 0 spiro atoms. The summed E-state index contributed by atoms with van der Waals surface area (Å²) in [6.07, 6.45) is 0. The van der Waals surface area contributed by atoms with E-state index in [0.717, 1.165) is 44.4 Å². The number of benzene rings is 1. The van der Waals surface area contributed by atoms with Gasteiger partial charge in [0.2, 0.25) is 5.91 Å². The van der Waals surface area contributed by atoms with Gasteiger partial charge in [-0.1, -0.05) is 13.8 Å². The lowest BCUT2D eigenvalue weighted by molar-refractivity contribution is -0.123. The molecule has 0 bridgehead atoms. The van der Waals surface area contributed by atoms with Gasteiger partial charge in [-0.3, -0.25) is 9.79 Å². The quantitative estimate of drug-likeness (QED) is 0.259. The molecule has 0 radical (unpaired) electrons. The normalized spacial score (nSPS) is 14.5. The molecule has 1 aliphatic rings. The third-order valence-corrected chi connectivity index (χ3v) is 4.55. The van der Waals surface area contributed by atoms with Gasteiger partial charge in [-0.25, -0.2) is 0 Å². The topological polar surface area (TPSA) is 69.2 Å². The lowest BCUT2D eigenvalue weighted by Gasteiger charge is -2.37. The van der Waals surface area contributed by atoms with E-state index in [0.29, 0.717) is 13.1 Å². The SMILES string of the molecule is CCNC(=NCCNC(=O)C(C)C)N1CCN(c2ccc(OC)cc2)CC1.I. The van der Waals surface area contributed by atoms with Gasteiger partial charge >= 0.3 is 0 Å². The molecule has 1 aromatic carbocycles. The Morgan fingerprint density at radius 3 is 2.32 bits per heavy atom. The van der Waals surface area contributed by atoms with Gasteiger partial charge in [-0.15, -0.1) is 24.0 Å². The minimum atomic E-state index is 0. The van der Waals surface area contributed by atoms with Gasteiger partial charge in [0.25, 0.3) is 0 Å². The van der Waals surface area contributed by atoms with E-state index in [4.69, 9.17) is 4.74 Å². The standard InChI is InChI=1S/C20H33N5O2.HI/c1-5-21-20(23-11-10-22-19(26)16(2)3)25-14-12-24(13-15-25)17-6-8-18(27-4)9-7-17;/h6-9,16H,5,10-15H2,1-4H3,(H,21,23)(H,22,26);1H. The van der Waals surface area contributed by atoms with Crippen molar-refractivity contribution < 1.29 is 9.53 Å². The second-order valence-electron chi connectivity index (χ2n) is 6.85. The number of nitrogens with one attached hydrogen (secondary N) is 2. The predicted octanol–water partition coefficient (Wildman–Crippen LogP) is 2.17. The smallest absolute Gasteiger partial charge is 0.222 e. The van der Waals surface area contributed by atoms with E-state index in [1.165, 1.54) is 5.69 Å². The highest BCUT2D eigenvalue weighted by molar-refractivity contribution is 14.0. The van der Waals surface area contributed by atoms with Crippen molar-refractivity contribution in [1.29, 1.82) is 0 Å². The Hall–Kier alpha value is -1.71. The zero-order valence-corrected chi connectivity index (χ0v) is 19.7. The highest BCUT2D eigenvalue weighted by Gasteiger charge is 2.19. The van der Waals surface area contributed by atoms with Gasteiger partial charge in [0.05, 0.1) is 13.7 Å². The Morgan fingerprint density at radius 1 is 1.14 bits per heavy atom. The van der Waals surface area contributed by atoms with Crippen molar-refractivity contribution in [3.8, 4) is 5.75 Å². The van der Waals surface area contributed by atoms with Crippen LogP contribution in [0.4, 0.5) is 5.69 Å². The maximum atomic E-state index is 11.6. The molecule has 2 rings (SSSR count). The van der Waals surface area contributed by atoms with Gasteiger partial charge in [0.1, 0.15) is 5.75 Å². The van der Waals surface area contributed by atoms with E-state index in [-0.39, 0.29) is 35.8 Å². The van der Waals surface area contributed by atoms with Crippen molar-refractivity contribution in [3.63, 3.8) is 0 Å². The van der Waals surface area contributed by atoms with E-state index in [9.17, 15) is 4.79 Å². The van der Waals surface area contributed by atoms with E-state index < -0.39 is 0 Å². The summed E-state index contributed by atoms with van der Waals surface area (Å²) in [6, 6.07) is 8.20. The highest BCUT2D eigenvalue weighted by atomic mass is 127. The molecular weight excluding hydrogens is 469 g/mol. The van der Waals surface area contributed by atoms with Crippen LogP contribution in [0.5, 0.6) is 5.75 Å².